The first-order valence-electron chi connectivity index (χ1n) is 4.29. The molecule has 4 heteroatoms. The van der Waals surface area contributed by atoms with Crippen molar-refractivity contribution in [2.75, 3.05) is 12.4 Å². The number of carbonyl (C=O) groups excluding carboxylic acids is 2. The van der Waals surface area contributed by atoms with E-state index in [9.17, 15) is 9.59 Å². The summed E-state index contributed by atoms with van der Waals surface area (Å²) in [5.74, 6) is -0.697. The molecular formula is C11H11NO3. The van der Waals surface area contributed by atoms with E-state index >= 15 is 0 Å². The lowest BCUT2D eigenvalue weighted by Gasteiger charge is -2.03. The van der Waals surface area contributed by atoms with Crippen LogP contribution in [-0.2, 0) is 9.53 Å². The highest BCUT2D eigenvalue weighted by Crippen LogP contribution is 2.10. The second-order valence-corrected chi connectivity index (χ2v) is 2.76. The Morgan fingerprint density at radius 1 is 1.33 bits per heavy atom. The third-order valence-electron chi connectivity index (χ3n) is 1.76. The van der Waals surface area contributed by atoms with Gasteiger partial charge in [0.2, 0.25) is 5.91 Å². The van der Waals surface area contributed by atoms with Crippen LogP contribution in [0.4, 0.5) is 5.69 Å². The summed E-state index contributed by atoms with van der Waals surface area (Å²) >= 11 is 0. The van der Waals surface area contributed by atoms with E-state index in [0.717, 1.165) is 0 Å². The van der Waals surface area contributed by atoms with Crippen molar-refractivity contribution in [1.29, 1.82) is 0 Å². The average Bonchev–Trinajstić information content (AvgIpc) is 2.29. The Balaban J connectivity index is 2.76. The van der Waals surface area contributed by atoms with Gasteiger partial charge in [-0.3, -0.25) is 4.79 Å². The standard InChI is InChI=1S/C11H11NO3/c1-3-10(13)12-9-6-4-8(5-7-9)11(14)15-2/h3-7H,1H2,2H3,(H,12,13). The number of nitrogens with one attached hydrogen (secondary N) is 1. The van der Waals surface area contributed by atoms with E-state index in [0.29, 0.717) is 11.3 Å². The summed E-state index contributed by atoms with van der Waals surface area (Å²) in [5, 5.41) is 2.57. The maximum Gasteiger partial charge on any atom is 0.337 e. The Hall–Kier alpha value is -2.10. The van der Waals surface area contributed by atoms with Gasteiger partial charge in [-0.05, 0) is 30.3 Å². The second-order valence-electron chi connectivity index (χ2n) is 2.76. The zero-order valence-electron chi connectivity index (χ0n) is 8.32. The quantitative estimate of drug-likeness (QED) is 0.602. The molecule has 4 nitrogen and oxygen atoms in total. The van der Waals surface area contributed by atoms with Crippen molar-refractivity contribution in [1.82, 2.24) is 0 Å². The van der Waals surface area contributed by atoms with E-state index in [1.807, 2.05) is 0 Å². The van der Waals surface area contributed by atoms with Crippen molar-refractivity contribution in [3.63, 3.8) is 0 Å². The van der Waals surface area contributed by atoms with Crippen molar-refractivity contribution in [2.45, 2.75) is 0 Å². The van der Waals surface area contributed by atoms with Gasteiger partial charge in [-0.15, -0.1) is 0 Å². The van der Waals surface area contributed by atoms with Gasteiger partial charge in [0.25, 0.3) is 0 Å². The largest absolute Gasteiger partial charge is 0.465 e. The zero-order valence-corrected chi connectivity index (χ0v) is 8.32. The van der Waals surface area contributed by atoms with Crippen LogP contribution in [0.25, 0.3) is 0 Å². The molecule has 0 aliphatic rings. The Labute approximate surface area is 87.6 Å². The molecule has 78 valence electrons. The summed E-state index contributed by atoms with van der Waals surface area (Å²) < 4.78 is 4.54. The van der Waals surface area contributed by atoms with E-state index in [1.165, 1.54) is 13.2 Å². The fourth-order valence-electron chi connectivity index (χ4n) is 1.00. The van der Waals surface area contributed by atoms with Gasteiger partial charge in [-0.1, -0.05) is 6.58 Å². The van der Waals surface area contributed by atoms with E-state index in [1.54, 1.807) is 24.3 Å². The van der Waals surface area contributed by atoms with Crippen molar-refractivity contribution in [3.05, 3.63) is 42.5 Å². The number of ether oxygens (including phenoxy) is 1. The van der Waals surface area contributed by atoms with Crippen LogP contribution in [-0.4, -0.2) is 19.0 Å². The summed E-state index contributed by atoms with van der Waals surface area (Å²) in [7, 11) is 1.32. The molecule has 1 rings (SSSR count). The van der Waals surface area contributed by atoms with Crippen LogP contribution >= 0.6 is 0 Å². The molecule has 0 radical (unpaired) electrons. The lowest BCUT2D eigenvalue weighted by Crippen LogP contribution is -2.07. The molecule has 0 aliphatic carbocycles. The molecular weight excluding hydrogens is 194 g/mol. The van der Waals surface area contributed by atoms with E-state index < -0.39 is 5.97 Å². The molecule has 0 fully saturated rings. The minimum Gasteiger partial charge on any atom is -0.465 e. The first kappa shape index (κ1) is 11.0. The Morgan fingerprint density at radius 3 is 2.40 bits per heavy atom. The molecule has 15 heavy (non-hydrogen) atoms. The van der Waals surface area contributed by atoms with Gasteiger partial charge in [0.15, 0.2) is 0 Å². The van der Waals surface area contributed by atoms with Crippen molar-refractivity contribution in [2.24, 2.45) is 0 Å². The summed E-state index contributed by atoms with van der Waals surface area (Å²) in [6.07, 6.45) is 1.17. The smallest absolute Gasteiger partial charge is 0.337 e. The van der Waals surface area contributed by atoms with Crippen molar-refractivity contribution in [3.8, 4) is 0 Å². The highest BCUT2D eigenvalue weighted by molar-refractivity contribution is 5.99. The molecule has 1 aromatic carbocycles. The van der Waals surface area contributed by atoms with E-state index in [2.05, 4.69) is 16.6 Å². The predicted molar refractivity (Wildman–Crippen MR) is 56.6 cm³/mol. The first-order valence-corrected chi connectivity index (χ1v) is 4.29. The van der Waals surface area contributed by atoms with E-state index in [-0.39, 0.29) is 5.91 Å². The molecule has 1 aromatic rings. The Bertz CT molecular complexity index is 381. The van der Waals surface area contributed by atoms with Crippen LogP contribution < -0.4 is 5.32 Å². The van der Waals surface area contributed by atoms with Gasteiger partial charge in [-0.25, -0.2) is 4.79 Å². The monoisotopic (exact) mass is 205 g/mol. The van der Waals surface area contributed by atoms with Crippen LogP contribution in [0.3, 0.4) is 0 Å². The predicted octanol–water partition coefficient (Wildman–Crippen LogP) is 1.60. The van der Waals surface area contributed by atoms with Crippen LogP contribution in [0.5, 0.6) is 0 Å². The molecule has 0 aliphatic heterocycles. The molecule has 0 bridgehead atoms. The van der Waals surface area contributed by atoms with Gasteiger partial charge in [0.1, 0.15) is 0 Å². The number of esters is 1. The molecule has 0 unspecified atom stereocenters. The number of rotatable bonds is 3. The van der Waals surface area contributed by atoms with Crippen molar-refractivity contribution < 1.29 is 14.3 Å². The SMILES string of the molecule is C=CC(=O)Nc1ccc(C(=O)OC)cc1. The highest BCUT2D eigenvalue weighted by Gasteiger charge is 2.04. The minimum atomic E-state index is -0.406. The number of carbonyl (C=O) groups is 2. The molecule has 0 heterocycles. The average molecular weight is 205 g/mol. The first-order chi connectivity index (χ1) is 7.17. The third-order valence-corrected chi connectivity index (χ3v) is 1.76. The molecule has 0 saturated heterocycles. The summed E-state index contributed by atoms with van der Waals surface area (Å²) in [5.41, 5.74) is 1.04. The normalized spacial score (nSPS) is 9.13. The molecule has 0 spiro atoms. The number of hydrogen-bond donors (Lipinski definition) is 1. The van der Waals surface area contributed by atoms with Crippen molar-refractivity contribution >= 4 is 17.6 Å². The van der Waals surface area contributed by atoms with Gasteiger partial charge >= 0.3 is 5.97 Å². The fourth-order valence-corrected chi connectivity index (χ4v) is 1.00. The van der Waals surface area contributed by atoms with Crippen LogP contribution in [0, 0.1) is 0 Å². The fraction of sp³-hybridized carbons (Fsp3) is 0.0909. The van der Waals surface area contributed by atoms with Gasteiger partial charge in [-0.2, -0.15) is 0 Å². The Morgan fingerprint density at radius 2 is 1.93 bits per heavy atom. The van der Waals surface area contributed by atoms with Gasteiger partial charge < -0.3 is 10.1 Å². The van der Waals surface area contributed by atoms with Crippen LogP contribution in [0.2, 0.25) is 0 Å². The maximum absolute atomic E-state index is 11.1. The Kier molecular flexibility index (Phi) is 3.62. The topological polar surface area (TPSA) is 55.4 Å². The molecule has 1 amide bonds. The maximum atomic E-state index is 11.1. The number of methoxy groups -OCH3 is 1. The lowest BCUT2D eigenvalue weighted by molar-refractivity contribution is -0.111. The van der Waals surface area contributed by atoms with Gasteiger partial charge in [0, 0.05) is 5.69 Å². The highest BCUT2D eigenvalue weighted by atomic mass is 16.5. The summed E-state index contributed by atoms with van der Waals surface area (Å²) in [6, 6.07) is 6.39. The molecule has 1 N–H and O–H groups in total. The number of hydrogen-bond acceptors (Lipinski definition) is 3. The molecule has 0 aromatic heterocycles. The lowest BCUT2D eigenvalue weighted by atomic mass is 10.2. The van der Waals surface area contributed by atoms with E-state index in [4.69, 9.17) is 0 Å². The summed E-state index contributed by atoms with van der Waals surface area (Å²) in [6.45, 7) is 3.33. The summed E-state index contributed by atoms with van der Waals surface area (Å²) in [4.78, 5) is 22.0. The van der Waals surface area contributed by atoms with Gasteiger partial charge in [0.05, 0.1) is 12.7 Å². The van der Waals surface area contributed by atoms with Crippen LogP contribution in [0.15, 0.2) is 36.9 Å². The molecule has 0 saturated carbocycles. The third kappa shape index (κ3) is 2.95. The zero-order chi connectivity index (χ0) is 11.3. The second kappa shape index (κ2) is 4.95. The number of anilines is 1. The number of amides is 1. The number of benzene rings is 1. The minimum absolute atomic E-state index is 0.291. The van der Waals surface area contributed by atoms with Crippen LogP contribution in [0.1, 0.15) is 10.4 Å². The molecule has 0 atom stereocenters.